The molecule has 1 aliphatic heterocycles. The Kier molecular flexibility index (Phi) is 7.86. The molecule has 2 heterocycles. The molecule has 3 aromatic rings. The van der Waals surface area contributed by atoms with Gasteiger partial charge in [-0.25, -0.2) is 4.39 Å². The predicted octanol–water partition coefficient (Wildman–Crippen LogP) is 5.64. The molecule has 0 spiro atoms. The fourth-order valence-electron chi connectivity index (χ4n) is 4.46. The number of carbonyl (C=O) groups is 2. The number of hydrogen-bond acceptors (Lipinski definition) is 4. The van der Waals surface area contributed by atoms with Crippen LogP contribution in [0.25, 0.3) is 0 Å². The fraction of sp³-hybridized carbons (Fsp3) is 0.357. The third kappa shape index (κ3) is 5.56. The highest BCUT2D eigenvalue weighted by Crippen LogP contribution is 2.34. The number of aryl methyl sites for hydroxylation is 1. The summed E-state index contributed by atoms with van der Waals surface area (Å²) in [5.74, 6) is -0.187. The number of benzene rings is 2. The normalized spacial score (nSPS) is 15.9. The second-order valence-corrected chi connectivity index (χ2v) is 9.93. The molecule has 0 N–H and O–H groups in total. The van der Waals surface area contributed by atoms with Crippen molar-refractivity contribution in [3.63, 3.8) is 0 Å². The minimum atomic E-state index is -0.366. The zero-order chi connectivity index (χ0) is 24.9. The Labute approximate surface area is 210 Å². The molecule has 0 aliphatic carbocycles. The molecule has 0 radical (unpaired) electrons. The Balaban J connectivity index is 1.56. The number of halogens is 1. The lowest BCUT2D eigenvalue weighted by molar-refractivity contribution is -0.136. The zero-order valence-corrected chi connectivity index (χ0v) is 21.2. The Morgan fingerprint density at radius 2 is 2.00 bits per heavy atom. The lowest BCUT2D eigenvalue weighted by Gasteiger charge is -2.38. The van der Waals surface area contributed by atoms with Gasteiger partial charge in [-0.1, -0.05) is 31.2 Å². The minimum Gasteiger partial charge on any atom is -0.491 e. The van der Waals surface area contributed by atoms with Crippen LogP contribution >= 0.6 is 11.3 Å². The summed E-state index contributed by atoms with van der Waals surface area (Å²) in [6.45, 7) is 6.66. The van der Waals surface area contributed by atoms with Crippen LogP contribution in [0.4, 0.5) is 4.39 Å². The molecule has 1 aromatic heterocycles. The van der Waals surface area contributed by atoms with Crippen molar-refractivity contribution in [1.82, 2.24) is 9.80 Å². The van der Waals surface area contributed by atoms with Crippen LogP contribution in [0.3, 0.4) is 0 Å². The summed E-state index contributed by atoms with van der Waals surface area (Å²) in [6, 6.07) is 15.1. The zero-order valence-electron chi connectivity index (χ0n) is 20.4. The van der Waals surface area contributed by atoms with Crippen LogP contribution in [0.5, 0.6) is 5.75 Å². The van der Waals surface area contributed by atoms with E-state index in [0.29, 0.717) is 17.9 Å². The summed E-state index contributed by atoms with van der Waals surface area (Å²) in [5.41, 5.74) is 2.57. The van der Waals surface area contributed by atoms with E-state index in [1.165, 1.54) is 17.0 Å². The molecular formula is C28H31FN2O3S. The van der Waals surface area contributed by atoms with Crippen LogP contribution in [0.15, 0.2) is 60.0 Å². The summed E-state index contributed by atoms with van der Waals surface area (Å²) < 4.78 is 19.6. The molecule has 2 atom stereocenters. The van der Waals surface area contributed by atoms with E-state index in [9.17, 15) is 14.0 Å². The third-order valence-corrected chi connectivity index (χ3v) is 7.68. The molecule has 184 valence electrons. The Morgan fingerprint density at radius 3 is 2.74 bits per heavy atom. The Bertz CT molecular complexity index is 1190. The summed E-state index contributed by atoms with van der Waals surface area (Å²) in [4.78, 5) is 31.9. The number of fused-ring (bicyclic) bond motifs is 1. The van der Waals surface area contributed by atoms with Crippen LogP contribution in [-0.4, -0.2) is 47.4 Å². The van der Waals surface area contributed by atoms with E-state index in [0.717, 1.165) is 24.0 Å². The number of thiophene rings is 1. The van der Waals surface area contributed by atoms with Gasteiger partial charge in [0.15, 0.2) is 0 Å². The molecule has 0 bridgehead atoms. The Hall–Kier alpha value is -3.19. The van der Waals surface area contributed by atoms with Gasteiger partial charge in [-0.2, -0.15) is 0 Å². The minimum absolute atomic E-state index is 0.00188. The molecule has 2 amide bonds. The van der Waals surface area contributed by atoms with E-state index < -0.39 is 0 Å². The molecule has 7 heteroatoms. The molecule has 1 aliphatic rings. The smallest absolute Gasteiger partial charge is 0.254 e. The molecule has 0 fully saturated rings. The van der Waals surface area contributed by atoms with Crippen molar-refractivity contribution < 1.29 is 18.7 Å². The number of nitrogens with zero attached hydrogens (tertiary/aromatic N) is 2. The SMILES string of the molecule is CC[C@H](C)N(CC(=O)N1CCc2sccc2[C@@H]1COc1cccc(F)c1)C(=O)c1ccccc1C. The Morgan fingerprint density at radius 1 is 1.20 bits per heavy atom. The van der Waals surface area contributed by atoms with Crippen molar-refractivity contribution in [2.24, 2.45) is 0 Å². The van der Waals surface area contributed by atoms with Crippen molar-refractivity contribution in [3.05, 3.63) is 87.4 Å². The van der Waals surface area contributed by atoms with Gasteiger partial charge >= 0.3 is 0 Å². The second-order valence-electron chi connectivity index (χ2n) is 8.93. The van der Waals surface area contributed by atoms with Gasteiger partial charge in [0.2, 0.25) is 5.91 Å². The van der Waals surface area contributed by atoms with Gasteiger partial charge in [0.25, 0.3) is 5.91 Å². The monoisotopic (exact) mass is 494 g/mol. The molecular weight excluding hydrogens is 463 g/mol. The van der Waals surface area contributed by atoms with Crippen LogP contribution in [0.2, 0.25) is 0 Å². The first-order chi connectivity index (χ1) is 16.9. The highest BCUT2D eigenvalue weighted by atomic mass is 32.1. The predicted molar refractivity (Wildman–Crippen MR) is 136 cm³/mol. The van der Waals surface area contributed by atoms with Gasteiger partial charge in [-0.05, 0) is 67.5 Å². The second kappa shape index (κ2) is 11.0. The molecule has 0 unspecified atom stereocenters. The lowest BCUT2D eigenvalue weighted by atomic mass is 10.00. The third-order valence-electron chi connectivity index (χ3n) is 6.68. The average Bonchev–Trinajstić information content (AvgIpc) is 3.34. The van der Waals surface area contributed by atoms with Crippen molar-refractivity contribution in [1.29, 1.82) is 0 Å². The number of amides is 2. The molecule has 5 nitrogen and oxygen atoms in total. The largest absolute Gasteiger partial charge is 0.491 e. The molecule has 35 heavy (non-hydrogen) atoms. The van der Waals surface area contributed by atoms with Crippen LogP contribution < -0.4 is 4.74 Å². The first-order valence-electron chi connectivity index (χ1n) is 12.0. The summed E-state index contributed by atoms with van der Waals surface area (Å²) in [7, 11) is 0. The van der Waals surface area contributed by atoms with E-state index >= 15 is 0 Å². The maximum Gasteiger partial charge on any atom is 0.254 e. The molecule has 0 saturated heterocycles. The van der Waals surface area contributed by atoms with Crippen molar-refractivity contribution in [3.8, 4) is 5.75 Å². The van der Waals surface area contributed by atoms with E-state index in [1.54, 1.807) is 28.4 Å². The van der Waals surface area contributed by atoms with Crippen LogP contribution in [0, 0.1) is 12.7 Å². The van der Waals surface area contributed by atoms with E-state index in [1.807, 2.05) is 61.4 Å². The number of hydrogen-bond donors (Lipinski definition) is 0. The standard InChI is InChI=1S/C28H31FN2O3S/c1-4-20(3)31(28(33)23-11-6-5-8-19(23)2)17-27(32)30-14-12-26-24(13-15-35-26)25(30)18-34-22-10-7-9-21(29)16-22/h5-11,13,15-16,20,25H,4,12,14,17-18H2,1-3H3/t20-,25-/m0/s1. The summed E-state index contributed by atoms with van der Waals surface area (Å²) in [6.07, 6.45) is 1.51. The van der Waals surface area contributed by atoms with Crippen molar-refractivity contribution >= 4 is 23.2 Å². The summed E-state index contributed by atoms with van der Waals surface area (Å²) in [5, 5.41) is 2.03. The van der Waals surface area contributed by atoms with Crippen molar-refractivity contribution in [2.45, 2.75) is 45.7 Å². The van der Waals surface area contributed by atoms with E-state index in [4.69, 9.17) is 4.74 Å². The quantitative estimate of drug-likeness (QED) is 0.407. The van der Waals surface area contributed by atoms with Crippen molar-refractivity contribution in [2.75, 3.05) is 19.7 Å². The topological polar surface area (TPSA) is 49.9 Å². The maximum absolute atomic E-state index is 13.7. The molecule has 4 rings (SSSR count). The number of ether oxygens (including phenoxy) is 1. The highest BCUT2D eigenvalue weighted by molar-refractivity contribution is 7.10. The van der Waals surface area contributed by atoms with Gasteiger partial charge in [0, 0.05) is 29.1 Å². The van der Waals surface area contributed by atoms with Gasteiger partial charge in [0.05, 0.1) is 6.04 Å². The van der Waals surface area contributed by atoms with E-state index in [2.05, 4.69) is 0 Å². The van der Waals surface area contributed by atoms with Gasteiger partial charge in [-0.3, -0.25) is 9.59 Å². The fourth-order valence-corrected chi connectivity index (χ4v) is 5.39. The molecule has 2 aromatic carbocycles. The first kappa shape index (κ1) is 24.9. The first-order valence-corrected chi connectivity index (χ1v) is 12.9. The van der Waals surface area contributed by atoms with Crippen LogP contribution in [-0.2, 0) is 11.2 Å². The number of carbonyl (C=O) groups excluding carboxylic acids is 2. The maximum atomic E-state index is 13.7. The van der Waals surface area contributed by atoms with E-state index in [-0.39, 0.29) is 42.9 Å². The van der Waals surface area contributed by atoms with Gasteiger partial charge < -0.3 is 14.5 Å². The van der Waals surface area contributed by atoms with Gasteiger partial charge in [-0.15, -0.1) is 11.3 Å². The molecule has 0 saturated carbocycles. The summed E-state index contributed by atoms with van der Waals surface area (Å²) >= 11 is 1.68. The number of rotatable bonds is 8. The van der Waals surface area contributed by atoms with Gasteiger partial charge in [0.1, 0.15) is 24.7 Å². The average molecular weight is 495 g/mol. The lowest BCUT2D eigenvalue weighted by Crippen LogP contribution is -2.50. The highest BCUT2D eigenvalue weighted by Gasteiger charge is 2.34. The van der Waals surface area contributed by atoms with Crippen LogP contribution in [0.1, 0.15) is 52.7 Å².